The summed E-state index contributed by atoms with van der Waals surface area (Å²) in [6, 6.07) is 19.4. The van der Waals surface area contributed by atoms with Gasteiger partial charge in [-0.1, -0.05) is 67.6 Å². The second-order valence-electron chi connectivity index (χ2n) is 5.79. The van der Waals surface area contributed by atoms with Gasteiger partial charge in [0.2, 0.25) is 0 Å². The third kappa shape index (κ3) is 2.03. The number of benzene rings is 2. The fourth-order valence-electron chi connectivity index (χ4n) is 3.43. The molecule has 0 fully saturated rings. The Morgan fingerprint density at radius 3 is 2.00 bits per heavy atom. The molecular formula is C19H20O2. The van der Waals surface area contributed by atoms with Crippen LogP contribution >= 0.6 is 0 Å². The molecule has 0 saturated carbocycles. The Balaban J connectivity index is 2.23. The van der Waals surface area contributed by atoms with Crippen LogP contribution in [-0.2, 0) is 5.60 Å². The topological polar surface area (TPSA) is 40.5 Å². The van der Waals surface area contributed by atoms with E-state index in [9.17, 15) is 10.2 Å². The molecule has 108 valence electrons. The lowest BCUT2D eigenvalue weighted by molar-refractivity contribution is 0.00424. The molecule has 2 N–H and O–H groups in total. The molecule has 0 saturated heterocycles. The first kappa shape index (κ1) is 14.1. The van der Waals surface area contributed by atoms with Crippen LogP contribution < -0.4 is 0 Å². The molecule has 1 aliphatic rings. The largest absolute Gasteiger partial charge is 0.388 e. The predicted octanol–water partition coefficient (Wildman–Crippen LogP) is 3.36. The number of aliphatic hydroxyl groups is 2. The second-order valence-corrected chi connectivity index (χ2v) is 5.79. The number of hydrogen-bond donors (Lipinski definition) is 2. The molecule has 0 unspecified atom stereocenters. The van der Waals surface area contributed by atoms with Crippen molar-refractivity contribution in [3.05, 3.63) is 77.4 Å². The number of rotatable bonds is 2. The van der Waals surface area contributed by atoms with Crippen molar-refractivity contribution >= 4 is 5.57 Å². The van der Waals surface area contributed by atoms with Gasteiger partial charge < -0.3 is 10.2 Å². The van der Waals surface area contributed by atoms with E-state index in [0.717, 1.165) is 22.3 Å². The van der Waals surface area contributed by atoms with Crippen molar-refractivity contribution in [3.8, 4) is 0 Å². The molecule has 2 heteroatoms. The molecular weight excluding hydrogens is 260 g/mol. The van der Waals surface area contributed by atoms with Crippen LogP contribution in [0, 0.1) is 5.92 Å². The molecule has 0 radical (unpaired) electrons. The van der Waals surface area contributed by atoms with E-state index >= 15 is 0 Å². The summed E-state index contributed by atoms with van der Waals surface area (Å²) in [7, 11) is 0. The minimum absolute atomic E-state index is 0.282. The van der Waals surface area contributed by atoms with Gasteiger partial charge in [-0.25, -0.2) is 0 Å². The number of hydrogen-bond acceptors (Lipinski definition) is 2. The van der Waals surface area contributed by atoms with E-state index in [1.807, 2.05) is 74.5 Å². The smallest absolute Gasteiger partial charge is 0.121 e. The Morgan fingerprint density at radius 2 is 1.43 bits per heavy atom. The van der Waals surface area contributed by atoms with E-state index in [2.05, 4.69) is 0 Å². The summed E-state index contributed by atoms with van der Waals surface area (Å²) in [6.07, 6.45) is -0.634. The zero-order valence-corrected chi connectivity index (χ0v) is 12.3. The highest BCUT2D eigenvalue weighted by molar-refractivity contribution is 5.79. The Labute approximate surface area is 125 Å². The molecule has 0 amide bonds. The molecule has 21 heavy (non-hydrogen) atoms. The van der Waals surface area contributed by atoms with Gasteiger partial charge in [0.05, 0.1) is 6.10 Å². The number of aliphatic hydroxyl groups excluding tert-OH is 1. The summed E-state index contributed by atoms with van der Waals surface area (Å²) in [5, 5.41) is 21.9. The monoisotopic (exact) mass is 280 g/mol. The van der Waals surface area contributed by atoms with E-state index in [1.165, 1.54) is 0 Å². The fourth-order valence-corrected chi connectivity index (χ4v) is 3.43. The molecule has 0 aromatic heterocycles. The minimum Gasteiger partial charge on any atom is -0.388 e. The molecule has 3 atom stereocenters. The average Bonchev–Trinajstić information content (AvgIpc) is 2.71. The molecule has 0 heterocycles. The van der Waals surface area contributed by atoms with Crippen molar-refractivity contribution in [3.63, 3.8) is 0 Å². The highest BCUT2D eigenvalue weighted by atomic mass is 16.3. The Kier molecular flexibility index (Phi) is 3.44. The predicted molar refractivity (Wildman–Crippen MR) is 84.5 cm³/mol. The lowest BCUT2D eigenvalue weighted by atomic mass is 9.78. The highest BCUT2D eigenvalue weighted by Crippen LogP contribution is 2.51. The van der Waals surface area contributed by atoms with E-state index in [1.54, 1.807) is 0 Å². The quantitative estimate of drug-likeness (QED) is 0.885. The molecule has 1 aliphatic carbocycles. The van der Waals surface area contributed by atoms with Crippen molar-refractivity contribution in [2.45, 2.75) is 25.6 Å². The zero-order chi connectivity index (χ0) is 15.0. The summed E-state index contributed by atoms with van der Waals surface area (Å²) < 4.78 is 0. The van der Waals surface area contributed by atoms with Crippen molar-refractivity contribution < 1.29 is 10.2 Å². The highest BCUT2D eigenvalue weighted by Gasteiger charge is 2.50. The van der Waals surface area contributed by atoms with Crippen molar-refractivity contribution in [1.29, 1.82) is 0 Å². The summed E-state index contributed by atoms with van der Waals surface area (Å²) in [5.74, 6) is -0.282. The summed E-state index contributed by atoms with van der Waals surface area (Å²) in [6.45, 7) is 3.81. The van der Waals surface area contributed by atoms with Crippen LogP contribution in [0.2, 0.25) is 0 Å². The van der Waals surface area contributed by atoms with Gasteiger partial charge in [-0.15, -0.1) is 0 Å². The molecule has 0 aliphatic heterocycles. The van der Waals surface area contributed by atoms with Crippen LogP contribution in [0.15, 0.2) is 66.2 Å². The van der Waals surface area contributed by atoms with E-state index in [-0.39, 0.29) is 5.92 Å². The van der Waals surface area contributed by atoms with E-state index in [0.29, 0.717) is 0 Å². The summed E-state index contributed by atoms with van der Waals surface area (Å²) in [4.78, 5) is 0. The van der Waals surface area contributed by atoms with Crippen molar-refractivity contribution in [2.24, 2.45) is 5.92 Å². The SMILES string of the molecule is CC1=C(c2ccccc2)[C@](O)(c2ccccc2)[C@H](C)[C@@H]1O. The van der Waals surface area contributed by atoms with E-state index < -0.39 is 11.7 Å². The molecule has 3 rings (SSSR count). The van der Waals surface area contributed by atoms with Gasteiger partial charge in [-0.2, -0.15) is 0 Å². The molecule has 0 bridgehead atoms. The first-order valence-electron chi connectivity index (χ1n) is 7.29. The summed E-state index contributed by atoms with van der Waals surface area (Å²) in [5.41, 5.74) is 2.30. The van der Waals surface area contributed by atoms with Gasteiger partial charge in [0, 0.05) is 5.92 Å². The van der Waals surface area contributed by atoms with Gasteiger partial charge in [-0.05, 0) is 29.2 Å². The Bertz CT molecular complexity index is 660. The molecule has 2 aromatic rings. The first-order valence-corrected chi connectivity index (χ1v) is 7.29. The van der Waals surface area contributed by atoms with Crippen LogP contribution in [0.5, 0.6) is 0 Å². The fraction of sp³-hybridized carbons (Fsp3) is 0.263. The zero-order valence-electron chi connectivity index (χ0n) is 12.3. The lowest BCUT2D eigenvalue weighted by Gasteiger charge is -2.33. The maximum atomic E-state index is 11.5. The maximum absolute atomic E-state index is 11.5. The molecule has 0 spiro atoms. The van der Waals surface area contributed by atoms with Gasteiger partial charge in [0.1, 0.15) is 5.60 Å². The lowest BCUT2D eigenvalue weighted by Crippen LogP contribution is -2.35. The van der Waals surface area contributed by atoms with Crippen molar-refractivity contribution in [1.82, 2.24) is 0 Å². The Hall–Kier alpha value is -1.90. The van der Waals surface area contributed by atoms with Crippen LogP contribution in [0.4, 0.5) is 0 Å². The van der Waals surface area contributed by atoms with Gasteiger partial charge in [0.15, 0.2) is 0 Å². The van der Waals surface area contributed by atoms with Gasteiger partial charge in [0.25, 0.3) is 0 Å². The summed E-state index contributed by atoms with van der Waals surface area (Å²) >= 11 is 0. The third-order valence-electron chi connectivity index (χ3n) is 4.63. The minimum atomic E-state index is -1.16. The Morgan fingerprint density at radius 1 is 0.905 bits per heavy atom. The average molecular weight is 280 g/mol. The van der Waals surface area contributed by atoms with Crippen LogP contribution in [0.3, 0.4) is 0 Å². The standard InChI is InChI=1S/C19H20O2/c1-13-17(15-9-5-3-6-10-15)19(21,14(2)18(13)20)16-11-7-4-8-12-16/h3-12,14,18,20-21H,1-2H3/t14-,18-,19-/m1/s1. The molecule has 2 aromatic carbocycles. The van der Waals surface area contributed by atoms with Crippen LogP contribution in [0.25, 0.3) is 5.57 Å². The second kappa shape index (κ2) is 5.14. The van der Waals surface area contributed by atoms with Gasteiger partial charge in [-0.3, -0.25) is 0 Å². The maximum Gasteiger partial charge on any atom is 0.121 e. The van der Waals surface area contributed by atoms with Crippen LogP contribution in [0.1, 0.15) is 25.0 Å². The molecule has 2 nitrogen and oxygen atoms in total. The third-order valence-corrected chi connectivity index (χ3v) is 4.63. The van der Waals surface area contributed by atoms with Crippen LogP contribution in [-0.4, -0.2) is 16.3 Å². The van der Waals surface area contributed by atoms with Gasteiger partial charge >= 0.3 is 0 Å². The normalized spacial score (nSPS) is 29.0. The van der Waals surface area contributed by atoms with Crippen molar-refractivity contribution in [2.75, 3.05) is 0 Å². The first-order chi connectivity index (χ1) is 10.1. The van der Waals surface area contributed by atoms with E-state index in [4.69, 9.17) is 0 Å².